The fourth-order valence-electron chi connectivity index (χ4n) is 2.72. The molecule has 0 spiro atoms. The maximum atomic E-state index is 12.3. The Morgan fingerprint density at radius 2 is 2.48 bits per heavy atom. The van der Waals surface area contributed by atoms with E-state index in [2.05, 4.69) is 32.5 Å². The molecule has 2 N–H and O–H groups in total. The topological polar surface area (TPSA) is 88.5 Å². The Morgan fingerprint density at radius 3 is 3.24 bits per heavy atom. The Balaban J connectivity index is 1.65. The van der Waals surface area contributed by atoms with Crippen molar-refractivity contribution in [2.75, 3.05) is 6.54 Å². The predicted molar refractivity (Wildman–Crippen MR) is 76.8 cm³/mol. The van der Waals surface area contributed by atoms with E-state index in [1.54, 1.807) is 11.0 Å². The zero-order valence-corrected chi connectivity index (χ0v) is 12.3. The smallest absolute Gasteiger partial charge is 0.272 e. The van der Waals surface area contributed by atoms with Crippen molar-refractivity contribution in [1.82, 2.24) is 30.3 Å². The summed E-state index contributed by atoms with van der Waals surface area (Å²) in [6.45, 7) is 4.70. The summed E-state index contributed by atoms with van der Waals surface area (Å²) in [5.41, 5.74) is 2.74. The van der Waals surface area contributed by atoms with Crippen LogP contribution in [0.1, 0.15) is 48.1 Å². The van der Waals surface area contributed by atoms with Crippen molar-refractivity contribution in [3.63, 3.8) is 0 Å². The van der Waals surface area contributed by atoms with Crippen molar-refractivity contribution in [3.05, 3.63) is 29.6 Å². The number of carbonyl (C=O) groups excluding carboxylic acids is 1. The molecule has 0 radical (unpaired) electrons. The van der Waals surface area contributed by atoms with Gasteiger partial charge in [-0.3, -0.25) is 9.89 Å². The highest BCUT2D eigenvalue weighted by atomic mass is 16.1. The maximum Gasteiger partial charge on any atom is 0.272 e. The zero-order valence-electron chi connectivity index (χ0n) is 12.3. The van der Waals surface area contributed by atoms with E-state index in [0.717, 1.165) is 30.5 Å². The lowest BCUT2D eigenvalue weighted by Crippen LogP contribution is -2.31. The van der Waals surface area contributed by atoms with Crippen molar-refractivity contribution in [2.24, 2.45) is 5.92 Å². The molecule has 2 aromatic rings. The van der Waals surface area contributed by atoms with Crippen LogP contribution in [0.25, 0.3) is 0 Å². The normalized spacial score (nSPS) is 19.0. The van der Waals surface area contributed by atoms with Crippen LogP contribution in [0.3, 0.4) is 0 Å². The fourth-order valence-corrected chi connectivity index (χ4v) is 2.72. The van der Waals surface area contributed by atoms with Crippen molar-refractivity contribution < 1.29 is 4.79 Å². The van der Waals surface area contributed by atoms with Crippen molar-refractivity contribution >= 4 is 5.91 Å². The number of hydrogen-bond donors (Lipinski definition) is 2. The van der Waals surface area contributed by atoms with Crippen molar-refractivity contribution in [3.8, 4) is 0 Å². The molecule has 1 amide bonds. The second-order valence-corrected chi connectivity index (χ2v) is 5.81. The van der Waals surface area contributed by atoms with Gasteiger partial charge in [0, 0.05) is 17.8 Å². The monoisotopic (exact) mass is 288 g/mol. The van der Waals surface area contributed by atoms with Gasteiger partial charge < -0.3 is 5.32 Å². The van der Waals surface area contributed by atoms with Gasteiger partial charge in [-0.15, -0.1) is 0 Å². The third-order valence-corrected chi connectivity index (χ3v) is 4.05. The molecule has 0 unspecified atom stereocenters. The molecule has 0 bridgehead atoms. The summed E-state index contributed by atoms with van der Waals surface area (Å²) < 4.78 is 1.72. The number of rotatable bonds is 4. The quantitative estimate of drug-likeness (QED) is 0.882. The highest BCUT2D eigenvalue weighted by Crippen LogP contribution is 2.26. The molecule has 0 aliphatic heterocycles. The number of aromatic nitrogens is 5. The van der Waals surface area contributed by atoms with Crippen LogP contribution in [0.2, 0.25) is 0 Å². The minimum atomic E-state index is -0.117. The third kappa shape index (κ3) is 2.81. The number of amides is 1. The van der Waals surface area contributed by atoms with E-state index in [9.17, 15) is 4.79 Å². The van der Waals surface area contributed by atoms with E-state index >= 15 is 0 Å². The highest BCUT2D eigenvalue weighted by molar-refractivity contribution is 5.94. The molecule has 3 rings (SSSR count). The Kier molecular flexibility index (Phi) is 3.72. The second kappa shape index (κ2) is 5.67. The minimum absolute atomic E-state index is 0.0603. The minimum Gasteiger partial charge on any atom is -0.348 e. The van der Waals surface area contributed by atoms with Gasteiger partial charge in [0.05, 0.1) is 6.04 Å². The molecule has 2 aromatic heterocycles. The van der Waals surface area contributed by atoms with E-state index in [-0.39, 0.29) is 11.9 Å². The number of nitrogens with one attached hydrogen (secondary N) is 2. The second-order valence-electron chi connectivity index (χ2n) is 5.81. The van der Waals surface area contributed by atoms with Crippen LogP contribution in [0, 0.1) is 5.92 Å². The number of aryl methyl sites for hydroxylation is 1. The van der Waals surface area contributed by atoms with Crippen LogP contribution in [0.5, 0.6) is 0 Å². The number of aromatic amines is 1. The van der Waals surface area contributed by atoms with Gasteiger partial charge in [0.1, 0.15) is 12.7 Å². The standard InChI is InChI=1S/C14H20N6O/c1-9-3-4-12-11(5-9)13(19-18-12)14(21)16-6-10(2)20-8-15-7-17-20/h7-10H,3-6H2,1-2H3,(H,16,21)(H,18,19)/t9-,10+/m1/s1. The molecule has 112 valence electrons. The lowest BCUT2D eigenvalue weighted by Gasteiger charge is -2.18. The Labute approximate surface area is 123 Å². The number of nitrogens with zero attached hydrogens (tertiary/aromatic N) is 4. The molecule has 2 heterocycles. The van der Waals surface area contributed by atoms with Crippen LogP contribution < -0.4 is 5.32 Å². The first-order chi connectivity index (χ1) is 10.1. The highest BCUT2D eigenvalue weighted by Gasteiger charge is 2.24. The summed E-state index contributed by atoms with van der Waals surface area (Å²) >= 11 is 0. The van der Waals surface area contributed by atoms with Crippen LogP contribution in [0.15, 0.2) is 12.7 Å². The molecule has 1 aliphatic carbocycles. The summed E-state index contributed by atoms with van der Waals surface area (Å²) in [5, 5.41) is 14.2. The summed E-state index contributed by atoms with van der Waals surface area (Å²) in [4.78, 5) is 16.2. The lowest BCUT2D eigenvalue weighted by molar-refractivity contribution is 0.0941. The van der Waals surface area contributed by atoms with Crippen LogP contribution in [-0.4, -0.2) is 37.4 Å². The van der Waals surface area contributed by atoms with Crippen LogP contribution >= 0.6 is 0 Å². The molecule has 0 aromatic carbocycles. The average molecular weight is 288 g/mol. The Morgan fingerprint density at radius 1 is 1.62 bits per heavy atom. The molecule has 7 nitrogen and oxygen atoms in total. The van der Waals surface area contributed by atoms with Gasteiger partial charge in [-0.2, -0.15) is 10.2 Å². The van der Waals surface area contributed by atoms with Gasteiger partial charge in [0.25, 0.3) is 5.91 Å². The molecule has 1 aliphatic rings. The fraction of sp³-hybridized carbons (Fsp3) is 0.571. The van der Waals surface area contributed by atoms with Gasteiger partial charge in [-0.1, -0.05) is 6.92 Å². The van der Waals surface area contributed by atoms with Gasteiger partial charge in [0.2, 0.25) is 0 Å². The zero-order chi connectivity index (χ0) is 14.8. The first-order valence-electron chi connectivity index (χ1n) is 7.33. The summed E-state index contributed by atoms with van der Waals surface area (Å²) in [5.74, 6) is 0.490. The SMILES string of the molecule is C[C@@H]1CCc2[nH]nc(C(=O)NC[C@H](C)n3cncn3)c2C1. The molecular weight excluding hydrogens is 268 g/mol. The van der Waals surface area contributed by atoms with E-state index in [0.29, 0.717) is 18.2 Å². The van der Waals surface area contributed by atoms with E-state index in [1.165, 1.54) is 6.33 Å². The van der Waals surface area contributed by atoms with Gasteiger partial charge >= 0.3 is 0 Å². The largest absolute Gasteiger partial charge is 0.348 e. The molecule has 7 heteroatoms. The van der Waals surface area contributed by atoms with E-state index in [4.69, 9.17) is 0 Å². The molecule has 0 fully saturated rings. The van der Waals surface area contributed by atoms with Gasteiger partial charge in [-0.05, 0) is 32.1 Å². The van der Waals surface area contributed by atoms with Crippen LogP contribution in [-0.2, 0) is 12.8 Å². The first kappa shape index (κ1) is 13.8. The molecular formula is C14H20N6O. The molecule has 2 atom stereocenters. The van der Waals surface area contributed by atoms with Gasteiger partial charge in [0.15, 0.2) is 5.69 Å². The maximum absolute atomic E-state index is 12.3. The van der Waals surface area contributed by atoms with E-state index < -0.39 is 0 Å². The van der Waals surface area contributed by atoms with Gasteiger partial charge in [-0.25, -0.2) is 9.67 Å². The molecule has 0 saturated carbocycles. The summed E-state index contributed by atoms with van der Waals surface area (Å²) in [7, 11) is 0. The van der Waals surface area contributed by atoms with Crippen LogP contribution in [0.4, 0.5) is 0 Å². The average Bonchev–Trinajstić information content (AvgIpc) is 3.13. The Hall–Kier alpha value is -2.18. The van der Waals surface area contributed by atoms with Crippen molar-refractivity contribution in [1.29, 1.82) is 0 Å². The number of fused-ring (bicyclic) bond motifs is 1. The molecule has 0 saturated heterocycles. The number of hydrogen-bond acceptors (Lipinski definition) is 4. The predicted octanol–water partition coefficient (Wildman–Crippen LogP) is 1.12. The van der Waals surface area contributed by atoms with Crippen molar-refractivity contribution in [2.45, 2.75) is 39.2 Å². The molecule has 21 heavy (non-hydrogen) atoms. The Bertz CT molecular complexity index is 617. The summed E-state index contributed by atoms with van der Waals surface area (Å²) in [6.07, 6.45) is 6.19. The summed E-state index contributed by atoms with van der Waals surface area (Å²) in [6, 6.07) is 0.0603. The van der Waals surface area contributed by atoms with E-state index in [1.807, 2.05) is 6.92 Å². The number of H-pyrrole nitrogens is 1. The first-order valence-corrected chi connectivity index (χ1v) is 7.33. The third-order valence-electron chi connectivity index (χ3n) is 4.05. The lowest BCUT2D eigenvalue weighted by atomic mass is 9.87. The number of carbonyl (C=O) groups is 1.